The van der Waals surface area contributed by atoms with Crippen LogP contribution < -0.4 is 5.32 Å². The molecule has 1 N–H and O–H groups in total. The first-order valence-electron chi connectivity index (χ1n) is 6.83. The molecule has 92 valence electrons. The minimum atomic E-state index is 0.428. The summed E-state index contributed by atoms with van der Waals surface area (Å²) in [7, 11) is 2.31. The maximum Gasteiger partial charge on any atom is 0.0703 e. The summed E-state index contributed by atoms with van der Waals surface area (Å²) in [6.45, 7) is 3.18. The molecule has 0 aromatic rings. The minimum absolute atomic E-state index is 0.428. The van der Waals surface area contributed by atoms with E-state index in [4.69, 9.17) is 4.74 Å². The van der Waals surface area contributed by atoms with Crippen molar-refractivity contribution < 1.29 is 4.74 Å². The number of nitrogens with one attached hydrogen (secondary N) is 1. The number of nitrogens with zero attached hydrogens (tertiary/aromatic N) is 1. The van der Waals surface area contributed by atoms with Crippen molar-refractivity contribution in [1.82, 2.24) is 10.2 Å². The maximum atomic E-state index is 5.69. The number of rotatable bonds is 2. The average Bonchev–Trinajstić information content (AvgIpc) is 2.84. The Morgan fingerprint density at radius 1 is 1.12 bits per heavy atom. The Hall–Kier alpha value is -0.120. The van der Waals surface area contributed by atoms with Gasteiger partial charge in [-0.25, -0.2) is 0 Å². The van der Waals surface area contributed by atoms with Crippen LogP contribution in [0.3, 0.4) is 0 Å². The SMILES string of the molecule is CC1OCCC1N(C)C1CC2CCC(C1)N2. The van der Waals surface area contributed by atoms with Crippen LogP contribution in [-0.2, 0) is 4.74 Å². The molecule has 3 heteroatoms. The first-order valence-corrected chi connectivity index (χ1v) is 6.83. The average molecular weight is 224 g/mol. The largest absolute Gasteiger partial charge is 0.377 e. The van der Waals surface area contributed by atoms with Crippen LogP contribution in [0.5, 0.6) is 0 Å². The van der Waals surface area contributed by atoms with Crippen molar-refractivity contribution in [3.8, 4) is 0 Å². The normalized spacial score (nSPS) is 47.8. The third-order valence-electron chi connectivity index (χ3n) is 4.88. The topological polar surface area (TPSA) is 24.5 Å². The van der Waals surface area contributed by atoms with E-state index in [0.29, 0.717) is 12.1 Å². The van der Waals surface area contributed by atoms with Crippen LogP contribution in [0.2, 0.25) is 0 Å². The lowest BCUT2D eigenvalue weighted by Crippen LogP contribution is -2.51. The molecule has 3 fully saturated rings. The molecule has 16 heavy (non-hydrogen) atoms. The van der Waals surface area contributed by atoms with Gasteiger partial charge in [-0.05, 0) is 46.1 Å². The molecule has 3 rings (SSSR count). The van der Waals surface area contributed by atoms with Gasteiger partial charge in [0.15, 0.2) is 0 Å². The van der Waals surface area contributed by atoms with Crippen molar-refractivity contribution in [2.45, 2.75) is 69.3 Å². The Kier molecular flexibility index (Phi) is 2.94. The van der Waals surface area contributed by atoms with E-state index in [-0.39, 0.29) is 0 Å². The lowest BCUT2D eigenvalue weighted by atomic mass is 9.96. The molecular weight excluding hydrogens is 200 g/mol. The summed E-state index contributed by atoms with van der Waals surface area (Å²) in [4.78, 5) is 2.61. The highest BCUT2D eigenvalue weighted by Crippen LogP contribution is 2.32. The molecule has 3 nitrogen and oxygen atoms in total. The predicted molar refractivity (Wildman–Crippen MR) is 64.5 cm³/mol. The van der Waals surface area contributed by atoms with Crippen LogP contribution in [0.4, 0.5) is 0 Å². The maximum absolute atomic E-state index is 5.69. The number of hydrogen-bond acceptors (Lipinski definition) is 3. The van der Waals surface area contributed by atoms with E-state index in [2.05, 4.69) is 24.2 Å². The summed E-state index contributed by atoms with van der Waals surface area (Å²) < 4.78 is 5.69. The fraction of sp³-hybridized carbons (Fsp3) is 1.00. The number of fused-ring (bicyclic) bond motifs is 2. The van der Waals surface area contributed by atoms with Gasteiger partial charge in [-0.2, -0.15) is 0 Å². The van der Waals surface area contributed by atoms with E-state index >= 15 is 0 Å². The van der Waals surface area contributed by atoms with E-state index in [9.17, 15) is 0 Å². The molecule has 0 amide bonds. The molecule has 4 unspecified atom stereocenters. The summed E-state index contributed by atoms with van der Waals surface area (Å²) in [5, 5.41) is 3.72. The van der Waals surface area contributed by atoms with Gasteiger partial charge in [-0.15, -0.1) is 0 Å². The fourth-order valence-corrected chi connectivity index (χ4v) is 3.89. The Labute approximate surface area is 98.5 Å². The number of piperidine rings is 1. The van der Waals surface area contributed by atoms with Gasteiger partial charge >= 0.3 is 0 Å². The van der Waals surface area contributed by atoms with Gasteiger partial charge in [0.2, 0.25) is 0 Å². The Balaban J connectivity index is 1.64. The monoisotopic (exact) mass is 224 g/mol. The molecule has 4 atom stereocenters. The molecular formula is C13H24N2O. The van der Waals surface area contributed by atoms with E-state index in [1.165, 1.54) is 32.1 Å². The molecule has 0 saturated carbocycles. The van der Waals surface area contributed by atoms with Crippen molar-refractivity contribution in [1.29, 1.82) is 0 Å². The molecule has 3 aliphatic heterocycles. The fourth-order valence-electron chi connectivity index (χ4n) is 3.89. The van der Waals surface area contributed by atoms with Gasteiger partial charge in [0, 0.05) is 30.8 Å². The van der Waals surface area contributed by atoms with E-state index < -0.39 is 0 Å². The van der Waals surface area contributed by atoms with Gasteiger partial charge in [0.05, 0.1) is 6.10 Å². The Morgan fingerprint density at radius 3 is 2.38 bits per heavy atom. The number of hydrogen-bond donors (Lipinski definition) is 1. The van der Waals surface area contributed by atoms with E-state index in [1.807, 2.05) is 0 Å². The molecule has 3 heterocycles. The van der Waals surface area contributed by atoms with Crippen molar-refractivity contribution in [2.24, 2.45) is 0 Å². The zero-order valence-corrected chi connectivity index (χ0v) is 10.5. The predicted octanol–water partition coefficient (Wildman–Crippen LogP) is 1.38. The van der Waals surface area contributed by atoms with Crippen LogP contribution in [0.15, 0.2) is 0 Å². The molecule has 0 spiro atoms. The van der Waals surface area contributed by atoms with Gasteiger partial charge in [-0.3, -0.25) is 4.90 Å². The lowest BCUT2D eigenvalue weighted by molar-refractivity contribution is 0.0548. The highest BCUT2D eigenvalue weighted by atomic mass is 16.5. The standard InChI is InChI=1S/C13H24N2O/c1-9-13(5-6-16-9)15(2)12-7-10-3-4-11(8-12)14-10/h9-14H,3-8H2,1-2H3. The summed E-state index contributed by atoms with van der Waals surface area (Å²) in [6.07, 6.45) is 7.12. The van der Waals surface area contributed by atoms with Gasteiger partial charge in [0.1, 0.15) is 0 Å². The van der Waals surface area contributed by atoms with Gasteiger partial charge in [-0.1, -0.05) is 0 Å². The first-order chi connectivity index (χ1) is 7.74. The third-order valence-corrected chi connectivity index (χ3v) is 4.88. The summed E-state index contributed by atoms with van der Waals surface area (Å²) in [6, 6.07) is 3.03. The second-order valence-electron chi connectivity index (χ2n) is 5.86. The van der Waals surface area contributed by atoms with E-state index in [1.54, 1.807) is 0 Å². The van der Waals surface area contributed by atoms with E-state index in [0.717, 1.165) is 24.7 Å². The van der Waals surface area contributed by atoms with Crippen molar-refractivity contribution in [3.05, 3.63) is 0 Å². The highest BCUT2D eigenvalue weighted by molar-refractivity contribution is 4.97. The van der Waals surface area contributed by atoms with Crippen LogP contribution in [-0.4, -0.2) is 48.8 Å². The molecule has 0 aromatic carbocycles. The molecule has 3 aliphatic rings. The minimum Gasteiger partial charge on any atom is -0.377 e. The quantitative estimate of drug-likeness (QED) is 0.767. The van der Waals surface area contributed by atoms with Crippen molar-refractivity contribution in [2.75, 3.05) is 13.7 Å². The smallest absolute Gasteiger partial charge is 0.0703 e. The Bertz CT molecular complexity index is 246. The Morgan fingerprint density at radius 2 is 1.81 bits per heavy atom. The van der Waals surface area contributed by atoms with Gasteiger partial charge < -0.3 is 10.1 Å². The summed E-state index contributed by atoms with van der Waals surface area (Å²) >= 11 is 0. The summed E-state index contributed by atoms with van der Waals surface area (Å²) in [5.41, 5.74) is 0. The first kappa shape index (κ1) is 11.0. The molecule has 0 aromatic heterocycles. The zero-order chi connectivity index (χ0) is 11.1. The highest BCUT2D eigenvalue weighted by Gasteiger charge is 2.39. The third kappa shape index (κ3) is 1.89. The van der Waals surface area contributed by atoms with Crippen molar-refractivity contribution >= 4 is 0 Å². The van der Waals surface area contributed by atoms with Gasteiger partial charge in [0.25, 0.3) is 0 Å². The molecule has 0 radical (unpaired) electrons. The second kappa shape index (κ2) is 4.28. The number of ether oxygens (including phenoxy) is 1. The molecule has 3 saturated heterocycles. The second-order valence-corrected chi connectivity index (χ2v) is 5.86. The lowest BCUT2D eigenvalue weighted by Gasteiger charge is -2.39. The van der Waals surface area contributed by atoms with Crippen LogP contribution in [0.1, 0.15) is 39.0 Å². The van der Waals surface area contributed by atoms with Crippen molar-refractivity contribution in [3.63, 3.8) is 0 Å². The molecule has 0 aliphatic carbocycles. The number of likely N-dealkylation sites (N-methyl/N-ethyl adjacent to an activating group) is 1. The van der Waals surface area contributed by atoms with Crippen LogP contribution in [0.25, 0.3) is 0 Å². The zero-order valence-electron chi connectivity index (χ0n) is 10.5. The van der Waals surface area contributed by atoms with Crippen LogP contribution >= 0.6 is 0 Å². The molecule has 2 bridgehead atoms. The van der Waals surface area contributed by atoms with Crippen LogP contribution in [0, 0.1) is 0 Å². The summed E-state index contributed by atoms with van der Waals surface area (Å²) in [5.74, 6) is 0.